The summed E-state index contributed by atoms with van der Waals surface area (Å²) in [6, 6.07) is 5.78. The van der Waals surface area contributed by atoms with E-state index in [-0.39, 0.29) is 18.2 Å². The van der Waals surface area contributed by atoms with Crippen LogP contribution in [0.2, 0.25) is 5.02 Å². The molecule has 4 nitrogen and oxygen atoms in total. The number of carboxylic acids is 1. The maximum absolute atomic E-state index is 11.8. The predicted octanol–water partition coefficient (Wildman–Crippen LogP) is 3.20. The van der Waals surface area contributed by atoms with E-state index in [1.807, 2.05) is 32.0 Å². The van der Waals surface area contributed by atoms with E-state index in [1.54, 1.807) is 0 Å². The number of aryl methyl sites for hydroxylation is 2. The van der Waals surface area contributed by atoms with Gasteiger partial charge in [0.25, 0.3) is 0 Å². The monoisotopic (exact) mass is 311 g/mol. The van der Waals surface area contributed by atoms with Crippen LogP contribution in [0.1, 0.15) is 37.3 Å². The van der Waals surface area contributed by atoms with Crippen molar-refractivity contribution < 1.29 is 14.7 Å². The molecule has 2 N–H and O–H groups in total. The van der Waals surface area contributed by atoms with Gasteiger partial charge in [-0.25, -0.2) is 0 Å². The van der Waals surface area contributed by atoms with Crippen LogP contribution in [-0.2, 0) is 16.0 Å². The fourth-order valence-corrected chi connectivity index (χ4v) is 2.21. The van der Waals surface area contributed by atoms with Crippen LogP contribution in [0.4, 0.5) is 0 Å². The van der Waals surface area contributed by atoms with Gasteiger partial charge in [-0.3, -0.25) is 9.59 Å². The molecule has 0 bridgehead atoms. The molecule has 0 aromatic heterocycles. The van der Waals surface area contributed by atoms with Gasteiger partial charge in [-0.05, 0) is 36.5 Å². The lowest BCUT2D eigenvalue weighted by Crippen LogP contribution is -2.30. The van der Waals surface area contributed by atoms with Crippen LogP contribution in [0, 0.1) is 12.8 Å². The molecular weight excluding hydrogens is 290 g/mol. The number of amides is 1. The molecule has 0 aliphatic heterocycles. The van der Waals surface area contributed by atoms with Gasteiger partial charge in [0.05, 0.1) is 0 Å². The lowest BCUT2D eigenvalue weighted by molar-refractivity contribution is -0.138. The third-order valence-corrected chi connectivity index (χ3v) is 3.91. The van der Waals surface area contributed by atoms with Crippen molar-refractivity contribution in [1.82, 2.24) is 5.32 Å². The maximum Gasteiger partial charge on any atom is 0.303 e. The Hall–Kier alpha value is -1.55. The molecule has 0 fully saturated rings. The number of nitrogens with one attached hydrogen (secondary N) is 1. The second-order valence-corrected chi connectivity index (χ2v) is 5.67. The first-order valence-corrected chi connectivity index (χ1v) is 7.53. The number of halogens is 1. The number of carbonyl (C=O) groups excluding carboxylic acids is 1. The SMILES string of the molecule is CCC(CNC(=O)CCc1ccc(C)c(Cl)c1)CC(=O)O. The normalized spacial score (nSPS) is 12.0. The standard InChI is InChI=1S/C16H22ClNO3/c1-3-12(9-16(20)21)10-18-15(19)7-6-13-5-4-11(2)14(17)8-13/h4-5,8,12H,3,6-7,9-10H2,1-2H3,(H,18,19)(H,20,21). The minimum absolute atomic E-state index is 0.0136. The van der Waals surface area contributed by atoms with Crippen LogP contribution >= 0.6 is 11.6 Å². The fourth-order valence-electron chi connectivity index (χ4n) is 2.00. The summed E-state index contributed by atoms with van der Waals surface area (Å²) < 4.78 is 0. The van der Waals surface area contributed by atoms with Crippen molar-refractivity contribution in [3.8, 4) is 0 Å². The molecule has 0 heterocycles. The Kier molecular flexibility index (Phi) is 7.23. The lowest BCUT2D eigenvalue weighted by atomic mass is 10.0. The molecule has 0 saturated carbocycles. The van der Waals surface area contributed by atoms with Crippen molar-refractivity contribution in [3.05, 3.63) is 34.3 Å². The van der Waals surface area contributed by atoms with Crippen LogP contribution in [0.5, 0.6) is 0 Å². The van der Waals surface area contributed by atoms with Crippen LogP contribution in [0.25, 0.3) is 0 Å². The van der Waals surface area contributed by atoms with Crippen molar-refractivity contribution >= 4 is 23.5 Å². The third kappa shape index (κ3) is 6.63. The van der Waals surface area contributed by atoms with Gasteiger partial charge < -0.3 is 10.4 Å². The smallest absolute Gasteiger partial charge is 0.303 e. The summed E-state index contributed by atoms with van der Waals surface area (Å²) >= 11 is 6.04. The number of carbonyl (C=O) groups is 2. The van der Waals surface area contributed by atoms with Gasteiger partial charge in [0, 0.05) is 24.4 Å². The molecule has 1 aromatic carbocycles. The Morgan fingerprint density at radius 2 is 2.10 bits per heavy atom. The Balaban J connectivity index is 2.36. The maximum atomic E-state index is 11.8. The van der Waals surface area contributed by atoms with Gasteiger partial charge in [0.1, 0.15) is 0 Å². The van der Waals surface area contributed by atoms with Crippen LogP contribution in [0.3, 0.4) is 0 Å². The Morgan fingerprint density at radius 3 is 2.67 bits per heavy atom. The van der Waals surface area contributed by atoms with Gasteiger partial charge in [0.2, 0.25) is 5.91 Å². The van der Waals surface area contributed by atoms with E-state index < -0.39 is 5.97 Å². The average Bonchev–Trinajstić information content (AvgIpc) is 2.44. The van der Waals surface area contributed by atoms with Crippen molar-refractivity contribution in [2.45, 2.75) is 39.5 Å². The summed E-state index contributed by atoms with van der Waals surface area (Å²) in [7, 11) is 0. The zero-order chi connectivity index (χ0) is 15.8. The van der Waals surface area contributed by atoms with E-state index in [4.69, 9.17) is 16.7 Å². The molecular formula is C16H22ClNO3. The number of benzene rings is 1. The first kappa shape index (κ1) is 17.5. The van der Waals surface area contributed by atoms with Crippen LogP contribution < -0.4 is 5.32 Å². The first-order valence-electron chi connectivity index (χ1n) is 7.15. The molecule has 1 atom stereocenters. The van der Waals surface area contributed by atoms with E-state index in [2.05, 4.69) is 5.32 Å². The quantitative estimate of drug-likeness (QED) is 0.774. The summed E-state index contributed by atoms with van der Waals surface area (Å²) in [6.07, 6.45) is 1.83. The highest BCUT2D eigenvalue weighted by atomic mass is 35.5. The average molecular weight is 312 g/mol. The summed E-state index contributed by atoms with van der Waals surface area (Å²) in [5.41, 5.74) is 2.04. The van der Waals surface area contributed by atoms with E-state index in [0.29, 0.717) is 24.4 Å². The van der Waals surface area contributed by atoms with Gasteiger partial charge >= 0.3 is 5.97 Å². The molecule has 21 heavy (non-hydrogen) atoms. The Morgan fingerprint density at radius 1 is 1.38 bits per heavy atom. The summed E-state index contributed by atoms with van der Waals surface area (Å²) in [5.74, 6) is -0.902. The molecule has 1 amide bonds. The van der Waals surface area contributed by atoms with Crippen molar-refractivity contribution in [3.63, 3.8) is 0 Å². The van der Waals surface area contributed by atoms with Crippen molar-refractivity contribution in [1.29, 1.82) is 0 Å². The zero-order valence-electron chi connectivity index (χ0n) is 12.5. The highest BCUT2D eigenvalue weighted by Gasteiger charge is 2.12. The number of hydrogen-bond donors (Lipinski definition) is 2. The van der Waals surface area contributed by atoms with Crippen LogP contribution in [-0.4, -0.2) is 23.5 Å². The van der Waals surface area contributed by atoms with Gasteiger partial charge in [-0.2, -0.15) is 0 Å². The molecule has 1 aromatic rings. The number of rotatable bonds is 8. The first-order chi connectivity index (χ1) is 9.92. The highest BCUT2D eigenvalue weighted by Crippen LogP contribution is 2.17. The summed E-state index contributed by atoms with van der Waals surface area (Å²) in [4.78, 5) is 22.4. The molecule has 0 aliphatic carbocycles. The van der Waals surface area contributed by atoms with E-state index >= 15 is 0 Å². The molecule has 0 saturated heterocycles. The minimum Gasteiger partial charge on any atom is -0.481 e. The molecule has 116 valence electrons. The van der Waals surface area contributed by atoms with Gasteiger partial charge in [-0.15, -0.1) is 0 Å². The summed E-state index contributed by atoms with van der Waals surface area (Å²) in [5, 5.41) is 12.3. The third-order valence-electron chi connectivity index (χ3n) is 3.51. The molecule has 1 unspecified atom stereocenters. The van der Waals surface area contributed by atoms with Crippen LogP contribution in [0.15, 0.2) is 18.2 Å². The number of carboxylic acid groups (broad SMARTS) is 1. The van der Waals surface area contributed by atoms with Gasteiger partial charge in [-0.1, -0.05) is 37.1 Å². The lowest BCUT2D eigenvalue weighted by Gasteiger charge is -2.13. The Labute approximate surface area is 130 Å². The molecule has 0 spiro atoms. The number of aliphatic carboxylic acids is 1. The Bertz CT molecular complexity index is 502. The molecule has 5 heteroatoms. The van der Waals surface area contributed by atoms with E-state index in [9.17, 15) is 9.59 Å². The largest absolute Gasteiger partial charge is 0.481 e. The zero-order valence-corrected chi connectivity index (χ0v) is 13.2. The second-order valence-electron chi connectivity index (χ2n) is 5.26. The fraction of sp³-hybridized carbons (Fsp3) is 0.500. The number of hydrogen-bond acceptors (Lipinski definition) is 2. The minimum atomic E-state index is -0.828. The topological polar surface area (TPSA) is 66.4 Å². The van der Waals surface area contributed by atoms with Crippen molar-refractivity contribution in [2.75, 3.05) is 6.54 Å². The summed E-state index contributed by atoms with van der Waals surface area (Å²) in [6.45, 7) is 4.27. The second kappa shape index (κ2) is 8.67. The van der Waals surface area contributed by atoms with E-state index in [1.165, 1.54) is 0 Å². The van der Waals surface area contributed by atoms with E-state index in [0.717, 1.165) is 17.5 Å². The molecule has 1 rings (SSSR count). The highest BCUT2D eigenvalue weighted by molar-refractivity contribution is 6.31. The molecule has 0 aliphatic rings. The predicted molar refractivity (Wildman–Crippen MR) is 83.6 cm³/mol. The molecule has 0 radical (unpaired) electrons. The van der Waals surface area contributed by atoms with Crippen molar-refractivity contribution in [2.24, 2.45) is 5.92 Å². The van der Waals surface area contributed by atoms with Gasteiger partial charge in [0.15, 0.2) is 0 Å².